The molecule has 0 saturated heterocycles. The summed E-state index contributed by atoms with van der Waals surface area (Å²) < 4.78 is 0. The van der Waals surface area contributed by atoms with Gasteiger partial charge in [0.25, 0.3) is 0 Å². The van der Waals surface area contributed by atoms with E-state index in [2.05, 4.69) is 10.6 Å². The summed E-state index contributed by atoms with van der Waals surface area (Å²) >= 11 is 0. The first-order valence-corrected chi connectivity index (χ1v) is 5.23. The van der Waals surface area contributed by atoms with Crippen LogP contribution >= 0.6 is 0 Å². The molecule has 5 heteroatoms. The van der Waals surface area contributed by atoms with Crippen LogP contribution in [0.5, 0.6) is 0 Å². The second-order valence-electron chi connectivity index (χ2n) is 4.35. The molecule has 1 atom stereocenters. The summed E-state index contributed by atoms with van der Waals surface area (Å²) in [4.78, 5) is 22.1. The highest BCUT2D eigenvalue weighted by atomic mass is 16.2. The first-order valence-electron chi connectivity index (χ1n) is 5.23. The van der Waals surface area contributed by atoms with Crippen LogP contribution in [0, 0.1) is 5.92 Å². The maximum absolute atomic E-state index is 11.5. The number of rotatable bonds is 5. The molecule has 0 aliphatic heterocycles. The standard InChI is InChI=1S/C10H19N3O2/c1-7(14)12-5-9(15)13-10(2,6-11)8-3-4-8/h8H,3-6,11H2,1-2H3,(H,12,14)(H,13,15). The summed E-state index contributed by atoms with van der Waals surface area (Å²) in [7, 11) is 0. The lowest BCUT2D eigenvalue weighted by Crippen LogP contribution is -2.55. The highest BCUT2D eigenvalue weighted by Gasteiger charge is 2.41. The molecule has 0 heterocycles. The van der Waals surface area contributed by atoms with Crippen LogP contribution in [0.2, 0.25) is 0 Å². The molecular weight excluding hydrogens is 194 g/mol. The summed E-state index contributed by atoms with van der Waals surface area (Å²) in [6.07, 6.45) is 2.24. The van der Waals surface area contributed by atoms with Gasteiger partial charge in [-0.15, -0.1) is 0 Å². The largest absolute Gasteiger partial charge is 0.348 e. The third kappa shape index (κ3) is 3.51. The van der Waals surface area contributed by atoms with Crippen molar-refractivity contribution >= 4 is 11.8 Å². The third-order valence-electron chi connectivity index (χ3n) is 2.83. The van der Waals surface area contributed by atoms with Crippen LogP contribution < -0.4 is 16.4 Å². The second kappa shape index (κ2) is 4.61. The van der Waals surface area contributed by atoms with E-state index in [4.69, 9.17) is 5.73 Å². The minimum Gasteiger partial charge on any atom is -0.348 e. The molecule has 1 rings (SSSR count). The van der Waals surface area contributed by atoms with Crippen molar-refractivity contribution in [3.8, 4) is 0 Å². The smallest absolute Gasteiger partial charge is 0.239 e. The van der Waals surface area contributed by atoms with E-state index in [-0.39, 0.29) is 23.9 Å². The summed E-state index contributed by atoms with van der Waals surface area (Å²) in [5, 5.41) is 5.34. The van der Waals surface area contributed by atoms with Crippen molar-refractivity contribution in [2.75, 3.05) is 13.1 Å². The van der Waals surface area contributed by atoms with E-state index in [9.17, 15) is 9.59 Å². The van der Waals surface area contributed by atoms with Crippen LogP contribution in [0.4, 0.5) is 0 Å². The van der Waals surface area contributed by atoms with E-state index in [1.165, 1.54) is 6.92 Å². The molecule has 0 spiro atoms. The van der Waals surface area contributed by atoms with Gasteiger partial charge in [0.2, 0.25) is 11.8 Å². The first kappa shape index (κ1) is 12.0. The average molecular weight is 213 g/mol. The lowest BCUT2D eigenvalue weighted by atomic mass is 9.96. The minimum absolute atomic E-state index is 0.0254. The molecule has 15 heavy (non-hydrogen) atoms. The number of carbonyl (C=O) groups is 2. The van der Waals surface area contributed by atoms with Gasteiger partial charge in [-0.2, -0.15) is 0 Å². The zero-order chi connectivity index (χ0) is 11.5. The van der Waals surface area contributed by atoms with Gasteiger partial charge in [0, 0.05) is 13.5 Å². The predicted octanol–water partition coefficient (Wildman–Crippen LogP) is -0.634. The minimum atomic E-state index is -0.310. The molecule has 1 aliphatic rings. The van der Waals surface area contributed by atoms with Crippen LogP contribution in [-0.4, -0.2) is 30.4 Å². The van der Waals surface area contributed by atoms with Crippen LogP contribution in [-0.2, 0) is 9.59 Å². The van der Waals surface area contributed by atoms with Crippen molar-refractivity contribution in [1.82, 2.24) is 10.6 Å². The van der Waals surface area contributed by atoms with Crippen molar-refractivity contribution in [3.63, 3.8) is 0 Å². The van der Waals surface area contributed by atoms with Gasteiger partial charge in [-0.3, -0.25) is 9.59 Å². The summed E-state index contributed by atoms with van der Waals surface area (Å²) in [6.45, 7) is 3.80. The SMILES string of the molecule is CC(=O)NCC(=O)NC(C)(CN)C1CC1. The Kier molecular flexibility index (Phi) is 3.68. The van der Waals surface area contributed by atoms with Crippen molar-refractivity contribution in [3.05, 3.63) is 0 Å². The van der Waals surface area contributed by atoms with E-state index in [0.717, 1.165) is 12.8 Å². The number of hydrogen-bond donors (Lipinski definition) is 3. The Bertz CT molecular complexity index is 263. The molecule has 2 amide bonds. The Labute approximate surface area is 89.8 Å². The van der Waals surface area contributed by atoms with E-state index in [0.29, 0.717) is 12.5 Å². The monoisotopic (exact) mass is 213 g/mol. The number of amides is 2. The van der Waals surface area contributed by atoms with Gasteiger partial charge in [-0.1, -0.05) is 0 Å². The molecule has 0 aromatic carbocycles. The molecule has 1 fully saturated rings. The molecule has 86 valence electrons. The van der Waals surface area contributed by atoms with Crippen molar-refractivity contribution in [2.24, 2.45) is 11.7 Å². The fourth-order valence-electron chi connectivity index (χ4n) is 1.61. The van der Waals surface area contributed by atoms with Crippen LogP contribution in [0.25, 0.3) is 0 Å². The highest BCUT2D eigenvalue weighted by Crippen LogP contribution is 2.38. The van der Waals surface area contributed by atoms with E-state index in [1.54, 1.807) is 0 Å². The summed E-state index contributed by atoms with van der Waals surface area (Å²) in [5.74, 6) is 0.111. The fourth-order valence-corrected chi connectivity index (χ4v) is 1.61. The molecular formula is C10H19N3O2. The predicted molar refractivity (Wildman–Crippen MR) is 57.0 cm³/mol. The lowest BCUT2D eigenvalue weighted by molar-refractivity contribution is -0.126. The fraction of sp³-hybridized carbons (Fsp3) is 0.800. The number of nitrogens with one attached hydrogen (secondary N) is 2. The molecule has 0 aromatic rings. The normalized spacial score (nSPS) is 19.1. The van der Waals surface area contributed by atoms with Crippen molar-refractivity contribution in [1.29, 1.82) is 0 Å². The van der Waals surface area contributed by atoms with E-state index >= 15 is 0 Å². The van der Waals surface area contributed by atoms with E-state index < -0.39 is 0 Å². The quantitative estimate of drug-likeness (QED) is 0.568. The summed E-state index contributed by atoms with van der Waals surface area (Å²) in [5.41, 5.74) is 5.34. The summed E-state index contributed by atoms with van der Waals surface area (Å²) in [6, 6.07) is 0. The molecule has 1 unspecified atom stereocenters. The maximum Gasteiger partial charge on any atom is 0.239 e. The third-order valence-corrected chi connectivity index (χ3v) is 2.83. The molecule has 1 aliphatic carbocycles. The molecule has 0 bridgehead atoms. The lowest BCUT2D eigenvalue weighted by Gasteiger charge is -2.29. The van der Waals surface area contributed by atoms with Gasteiger partial charge >= 0.3 is 0 Å². The zero-order valence-corrected chi connectivity index (χ0v) is 9.30. The van der Waals surface area contributed by atoms with Gasteiger partial charge in [-0.05, 0) is 25.7 Å². The zero-order valence-electron chi connectivity index (χ0n) is 9.30. The van der Waals surface area contributed by atoms with Crippen LogP contribution in [0.3, 0.4) is 0 Å². The number of carbonyl (C=O) groups excluding carboxylic acids is 2. The van der Waals surface area contributed by atoms with Crippen LogP contribution in [0.15, 0.2) is 0 Å². The van der Waals surface area contributed by atoms with Gasteiger partial charge in [0.05, 0.1) is 12.1 Å². The van der Waals surface area contributed by atoms with E-state index in [1.807, 2.05) is 6.92 Å². The molecule has 0 aromatic heterocycles. The highest BCUT2D eigenvalue weighted by molar-refractivity contribution is 5.84. The molecule has 0 radical (unpaired) electrons. The number of hydrogen-bond acceptors (Lipinski definition) is 3. The average Bonchev–Trinajstić information content (AvgIpc) is 2.97. The molecule has 5 nitrogen and oxygen atoms in total. The van der Waals surface area contributed by atoms with Gasteiger partial charge < -0.3 is 16.4 Å². The van der Waals surface area contributed by atoms with Crippen molar-refractivity contribution < 1.29 is 9.59 Å². The molecule has 4 N–H and O–H groups in total. The maximum atomic E-state index is 11.5. The Morgan fingerprint density at radius 3 is 2.47 bits per heavy atom. The Morgan fingerprint density at radius 1 is 1.47 bits per heavy atom. The number of nitrogens with two attached hydrogens (primary N) is 1. The Balaban J connectivity index is 2.37. The Hall–Kier alpha value is -1.10. The topological polar surface area (TPSA) is 84.2 Å². The molecule has 1 saturated carbocycles. The van der Waals surface area contributed by atoms with Gasteiger partial charge in [0.15, 0.2) is 0 Å². The second-order valence-corrected chi connectivity index (χ2v) is 4.35. The first-order chi connectivity index (χ1) is 6.98. The van der Waals surface area contributed by atoms with Crippen LogP contribution in [0.1, 0.15) is 26.7 Å². The van der Waals surface area contributed by atoms with Gasteiger partial charge in [0.1, 0.15) is 0 Å². The van der Waals surface area contributed by atoms with Crippen molar-refractivity contribution in [2.45, 2.75) is 32.2 Å². The van der Waals surface area contributed by atoms with Gasteiger partial charge in [-0.25, -0.2) is 0 Å². The Morgan fingerprint density at radius 2 is 2.07 bits per heavy atom.